The van der Waals surface area contributed by atoms with Crippen LogP contribution in [-0.2, 0) is 11.3 Å². The Morgan fingerprint density at radius 2 is 2.25 bits per heavy atom. The van der Waals surface area contributed by atoms with E-state index in [4.69, 9.17) is 4.84 Å². The van der Waals surface area contributed by atoms with Gasteiger partial charge in [0.1, 0.15) is 0 Å². The third-order valence-corrected chi connectivity index (χ3v) is 2.87. The van der Waals surface area contributed by atoms with Crippen molar-refractivity contribution in [3.8, 4) is 0 Å². The minimum atomic E-state index is -0.204. The summed E-state index contributed by atoms with van der Waals surface area (Å²) in [6.45, 7) is 2.51. The predicted octanol–water partition coefficient (Wildman–Crippen LogP) is 1.88. The van der Waals surface area contributed by atoms with E-state index in [0.717, 1.165) is 12.0 Å². The molecule has 0 saturated carbocycles. The molecule has 0 aromatic heterocycles. The van der Waals surface area contributed by atoms with E-state index in [-0.39, 0.29) is 12.1 Å². The first-order valence-corrected chi connectivity index (χ1v) is 5.45. The van der Waals surface area contributed by atoms with Crippen molar-refractivity contribution in [2.24, 2.45) is 0 Å². The summed E-state index contributed by atoms with van der Waals surface area (Å²) in [6, 6.07) is 7.87. The molecular weight excluding hydrogens is 204 g/mol. The number of nitrogens with one attached hydrogen (secondary N) is 1. The normalized spacial score (nSPS) is 19.9. The summed E-state index contributed by atoms with van der Waals surface area (Å²) in [5, 5.41) is 3.99. The zero-order chi connectivity index (χ0) is 11.5. The van der Waals surface area contributed by atoms with E-state index >= 15 is 0 Å². The number of hydrogen-bond donors (Lipinski definition) is 1. The number of carbonyl (C=O) groups excluding carboxylic acids is 1. The molecule has 4 nitrogen and oxygen atoms in total. The average molecular weight is 220 g/mol. The van der Waals surface area contributed by atoms with Crippen LogP contribution in [0.3, 0.4) is 0 Å². The molecule has 0 fully saturated rings. The van der Waals surface area contributed by atoms with Crippen LogP contribution >= 0.6 is 0 Å². The Morgan fingerprint density at radius 1 is 1.50 bits per heavy atom. The second-order valence-electron chi connectivity index (χ2n) is 3.84. The number of hydroxylamine groups is 2. The number of fused-ring (bicyclic) bond motifs is 1. The van der Waals surface area contributed by atoms with E-state index in [2.05, 4.69) is 11.4 Å². The Kier molecular flexibility index (Phi) is 3.10. The summed E-state index contributed by atoms with van der Waals surface area (Å²) in [6.07, 6.45) is 0.841. The Morgan fingerprint density at radius 3 is 3.00 bits per heavy atom. The maximum absolute atomic E-state index is 11.6. The molecular formula is C12H16N2O2. The lowest BCUT2D eigenvalue weighted by Crippen LogP contribution is -2.39. The van der Waals surface area contributed by atoms with E-state index in [0.29, 0.717) is 6.61 Å². The van der Waals surface area contributed by atoms with Crippen molar-refractivity contribution in [1.29, 1.82) is 0 Å². The molecule has 1 atom stereocenters. The highest BCUT2D eigenvalue weighted by molar-refractivity contribution is 5.73. The van der Waals surface area contributed by atoms with Crippen molar-refractivity contribution in [3.63, 3.8) is 0 Å². The van der Waals surface area contributed by atoms with Gasteiger partial charge in [-0.25, -0.2) is 4.79 Å². The third-order valence-electron chi connectivity index (χ3n) is 2.87. The van der Waals surface area contributed by atoms with Crippen molar-refractivity contribution in [1.82, 2.24) is 10.4 Å². The summed E-state index contributed by atoms with van der Waals surface area (Å²) >= 11 is 0. The van der Waals surface area contributed by atoms with E-state index in [1.807, 2.05) is 25.1 Å². The number of hydrogen-bond acceptors (Lipinski definition) is 2. The highest BCUT2D eigenvalue weighted by Gasteiger charge is 2.26. The van der Waals surface area contributed by atoms with Crippen LogP contribution in [0.25, 0.3) is 0 Å². The molecule has 1 aliphatic rings. The molecule has 0 aliphatic carbocycles. The fraction of sp³-hybridized carbons (Fsp3) is 0.417. The first-order valence-electron chi connectivity index (χ1n) is 5.45. The molecule has 0 bridgehead atoms. The largest absolute Gasteiger partial charge is 0.341 e. The zero-order valence-electron chi connectivity index (χ0n) is 9.56. The number of carbonyl (C=O) groups is 1. The van der Waals surface area contributed by atoms with Gasteiger partial charge in [-0.3, -0.25) is 4.84 Å². The molecule has 1 unspecified atom stereocenters. The molecule has 2 amide bonds. The smallest absolute Gasteiger partial charge is 0.339 e. The van der Waals surface area contributed by atoms with Gasteiger partial charge in [0.25, 0.3) is 0 Å². The highest BCUT2D eigenvalue weighted by atomic mass is 16.7. The molecule has 0 radical (unpaired) electrons. The number of nitrogens with zero attached hydrogens (tertiary/aromatic N) is 1. The molecule has 0 saturated heterocycles. The highest BCUT2D eigenvalue weighted by Crippen LogP contribution is 2.27. The van der Waals surface area contributed by atoms with Crippen molar-refractivity contribution in [2.75, 3.05) is 13.7 Å². The number of benzene rings is 1. The van der Waals surface area contributed by atoms with Crippen molar-refractivity contribution in [2.45, 2.75) is 19.4 Å². The maximum Gasteiger partial charge on any atom is 0.341 e. The maximum atomic E-state index is 11.6. The van der Waals surface area contributed by atoms with Crippen LogP contribution in [0, 0.1) is 0 Å². The van der Waals surface area contributed by atoms with E-state index in [1.165, 1.54) is 10.6 Å². The van der Waals surface area contributed by atoms with Crippen LogP contribution in [0.1, 0.15) is 24.1 Å². The van der Waals surface area contributed by atoms with Crippen LogP contribution in [0.15, 0.2) is 24.3 Å². The average Bonchev–Trinajstić information content (AvgIpc) is 2.49. The molecule has 1 aromatic rings. The minimum Gasteiger partial charge on any atom is -0.339 e. The molecule has 86 valence electrons. The third kappa shape index (κ3) is 1.88. The molecule has 1 N–H and O–H groups in total. The topological polar surface area (TPSA) is 41.6 Å². The second-order valence-corrected chi connectivity index (χ2v) is 3.84. The Balaban J connectivity index is 2.33. The first-order chi connectivity index (χ1) is 7.74. The summed E-state index contributed by atoms with van der Waals surface area (Å²) < 4.78 is 0. The van der Waals surface area contributed by atoms with Crippen molar-refractivity contribution in [3.05, 3.63) is 35.4 Å². The molecule has 1 aromatic carbocycles. The van der Waals surface area contributed by atoms with E-state index < -0.39 is 0 Å². The van der Waals surface area contributed by atoms with Gasteiger partial charge in [-0.2, -0.15) is 5.06 Å². The van der Waals surface area contributed by atoms with Crippen molar-refractivity contribution >= 4 is 6.03 Å². The van der Waals surface area contributed by atoms with Crippen molar-refractivity contribution < 1.29 is 9.63 Å². The zero-order valence-corrected chi connectivity index (χ0v) is 9.56. The molecule has 2 rings (SSSR count). The second kappa shape index (κ2) is 4.53. The van der Waals surface area contributed by atoms with Crippen LogP contribution in [0.2, 0.25) is 0 Å². The van der Waals surface area contributed by atoms with Gasteiger partial charge in [-0.1, -0.05) is 24.3 Å². The van der Waals surface area contributed by atoms with Gasteiger partial charge >= 0.3 is 6.03 Å². The first kappa shape index (κ1) is 11.0. The van der Waals surface area contributed by atoms with E-state index in [9.17, 15) is 4.79 Å². The van der Waals surface area contributed by atoms with Gasteiger partial charge in [-0.05, 0) is 24.5 Å². The summed E-state index contributed by atoms with van der Waals surface area (Å²) in [5.41, 5.74) is 2.41. The lowest BCUT2D eigenvalue weighted by atomic mass is 10.00. The van der Waals surface area contributed by atoms with Crippen LogP contribution < -0.4 is 5.32 Å². The Hall–Kier alpha value is -1.55. The van der Waals surface area contributed by atoms with Crippen LogP contribution in [-0.4, -0.2) is 24.7 Å². The predicted molar refractivity (Wildman–Crippen MR) is 60.8 cm³/mol. The molecule has 0 spiro atoms. The minimum absolute atomic E-state index is 0.0568. The van der Waals surface area contributed by atoms with Gasteiger partial charge < -0.3 is 5.32 Å². The van der Waals surface area contributed by atoms with Gasteiger partial charge in [-0.15, -0.1) is 0 Å². The lowest BCUT2D eigenvalue weighted by molar-refractivity contribution is -0.136. The number of amides is 2. The van der Waals surface area contributed by atoms with E-state index in [1.54, 1.807) is 7.05 Å². The summed E-state index contributed by atoms with van der Waals surface area (Å²) in [4.78, 5) is 17.1. The summed E-state index contributed by atoms with van der Waals surface area (Å²) in [5.74, 6) is 0. The fourth-order valence-electron chi connectivity index (χ4n) is 2.01. The van der Waals surface area contributed by atoms with Gasteiger partial charge in [0.15, 0.2) is 0 Å². The summed E-state index contributed by atoms with van der Waals surface area (Å²) in [7, 11) is 1.61. The molecule has 1 aliphatic heterocycles. The lowest BCUT2D eigenvalue weighted by Gasteiger charge is -2.26. The molecule has 4 heteroatoms. The fourth-order valence-corrected chi connectivity index (χ4v) is 2.01. The quantitative estimate of drug-likeness (QED) is 0.725. The SMILES string of the molecule is CNC(=O)N1OCCc2ccccc2C1C. The standard InChI is InChI=1S/C12H16N2O2/c1-9-11-6-4-3-5-10(11)7-8-16-14(9)12(15)13-2/h3-6,9H,7-8H2,1-2H3,(H,13,15). The Bertz CT molecular complexity index is 392. The molecule has 1 heterocycles. The van der Waals surface area contributed by atoms with Crippen LogP contribution in [0.4, 0.5) is 4.79 Å². The number of urea groups is 1. The molecule has 16 heavy (non-hydrogen) atoms. The van der Waals surface area contributed by atoms with Gasteiger partial charge in [0.05, 0.1) is 12.6 Å². The number of rotatable bonds is 0. The Labute approximate surface area is 95.2 Å². The van der Waals surface area contributed by atoms with Crippen LogP contribution in [0.5, 0.6) is 0 Å². The monoisotopic (exact) mass is 220 g/mol. The van der Waals surface area contributed by atoms with Gasteiger partial charge in [0, 0.05) is 7.05 Å². The van der Waals surface area contributed by atoms with Gasteiger partial charge in [0.2, 0.25) is 0 Å².